The number of rotatable bonds is 8. The van der Waals surface area contributed by atoms with Crippen molar-refractivity contribution in [2.24, 2.45) is 0 Å². The van der Waals surface area contributed by atoms with Crippen molar-refractivity contribution in [1.82, 2.24) is 10.2 Å². The number of nitrogens with zero attached hydrogens (tertiary/aromatic N) is 1. The molecule has 1 aliphatic rings. The zero-order valence-electron chi connectivity index (χ0n) is 11.9. The van der Waals surface area contributed by atoms with Gasteiger partial charge < -0.3 is 20.1 Å². The lowest BCUT2D eigenvalue weighted by molar-refractivity contribution is -0.145. The third-order valence-corrected chi connectivity index (χ3v) is 3.95. The minimum Gasteiger partial charge on any atom is -0.480 e. The van der Waals surface area contributed by atoms with Crippen molar-refractivity contribution in [1.29, 1.82) is 0 Å². The van der Waals surface area contributed by atoms with Crippen molar-refractivity contribution in [2.75, 3.05) is 24.8 Å². The molecule has 0 aromatic heterocycles. The van der Waals surface area contributed by atoms with Gasteiger partial charge in [0.1, 0.15) is 6.04 Å². The van der Waals surface area contributed by atoms with Gasteiger partial charge in [0.25, 0.3) is 0 Å². The minimum absolute atomic E-state index is 0.116. The van der Waals surface area contributed by atoms with E-state index in [1.807, 2.05) is 0 Å². The lowest BCUT2D eigenvalue weighted by Crippen LogP contribution is -2.53. The van der Waals surface area contributed by atoms with E-state index in [2.05, 4.69) is 11.9 Å². The average molecular weight is 316 g/mol. The van der Waals surface area contributed by atoms with E-state index in [0.29, 0.717) is 18.1 Å². The number of thioether (sulfide) groups is 1. The SMILES string of the molecule is C=CCOCC(NC(=O)C1CSCN1C(=O)CC)C(=O)O. The quantitative estimate of drug-likeness (QED) is 0.486. The Morgan fingerprint density at radius 1 is 1.57 bits per heavy atom. The molecule has 1 fully saturated rings. The summed E-state index contributed by atoms with van der Waals surface area (Å²) >= 11 is 1.47. The van der Waals surface area contributed by atoms with Crippen LogP contribution in [0.5, 0.6) is 0 Å². The molecule has 1 saturated heterocycles. The zero-order valence-corrected chi connectivity index (χ0v) is 12.7. The summed E-state index contributed by atoms with van der Waals surface area (Å²) in [4.78, 5) is 36.5. The van der Waals surface area contributed by atoms with Gasteiger partial charge in [0.15, 0.2) is 6.04 Å². The van der Waals surface area contributed by atoms with Crippen molar-refractivity contribution in [3.8, 4) is 0 Å². The Kier molecular flexibility index (Phi) is 7.24. The van der Waals surface area contributed by atoms with Gasteiger partial charge in [-0.2, -0.15) is 0 Å². The standard InChI is InChI=1S/C13H20N2O5S/c1-3-5-20-6-9(13(18)19)14-12(17)10-7-21-8-15(10)11(16)4-2/h3,9-10H,1,4-8H2,2H3,(H,14,17)(H,18,19). The molecule has 2 amide bonds. The molecule has 2 atom stereocenters. The van der Waals surface area contributed by atoms with E-state index in [4.69, 9.17) is 9.84 Å². The van der Waals surface area contributed by atoms with Crippen LogP contribution in [0.4, 0.5) is 0 Å². The predicted molar refractivity (Wildman–Crippen MR) is 78.8 cm³/mol. The lowest BCUT2D eigenvalue weighted by atomic mass is 10.2. The smallest absolute Gasteiger partial charge is 0.328 e. The molecule has 2 N–H and O–H groups in total. The van der Waals surface area contributed by atoms with Gasteiger partial charge in [-0.15, -0.1) is 18.3 Å². The normalized spacial score (nSPS) is 19.1. The molecular weight excluding hydrogens is 296 g/mol. The molecular formula is C13H20N2O5S. The van der Waals surface area contributed by atoms with Crippen molar-refractivity contribution in [3.05, 3.63) is 12.7 Å². The molecule has 1 rings (SSSR count). The number of hydrogen-bond donors (Lipinski definition) is 2. The first-order valence-corrected chi connectivity index (χ1v) is 7.75. The fourth-order valence-electron chi connectivity index (χ4n) is 1.82. The molecule has 8 heteroatoms. The highest BCUT2D eigenvalue weighted by molar-refractivity contribution is 7.99. The van der Waals surface area contributed by atoms with Crippen LogP contribution in [0.15, 0.2) is 12.7 Å². The molecule has 1 aliphatic heterocycles. The first-order valence-electron chi connectivity index (χ1n) is 6.60. The van der Waals surface area contributed by atoms with Crippen LogP contribution in [-0.4, -0.2) is 64.7 Å². The van der Waals surface area contributed by atoms with Crippen molar-refractivity contribution in [2.45, 2.75) is 25.4 Å². The number of hydrogen-bond acceptors (Lipinski definition) is 5. The van der Waals surface area contributed by atoms with Crippen LogP contribution in [0.25, 0.3) is 0 Å². The van der Waals surface area contributed by atoms with E-state index in [0.717, 1.165) is 0 Å². The van der Waals surface area contributed by atoms with E-state index >= 15 is 0 Å². The highest BCUT2D eigenvalue weighted by Gasteiger charge is 2.35. The summed E-state index contributed by atoms with van der Waals surface area (Å²) in [6, 6.07) is -1.76. The topological polar surface area (TPSA) is 95.9 Å². The summed E-state index contributed by atoms with van der Waals surface area (Å²) in [5, 5.41) is 11.5. The van der Waals surface area contributed by atoms with Crippen molar-refractivity contribution in [3.63, 3.8) is 0 Å². The number of aliphatic carboxylic acids is 1. The fourth-order valence-corrected chi connectivity index (χ4v) is 3.00. The maximum atomic E-state index is 12.2. The molecule has 0 aromatic rings. The molecule has 2 unspecified atom stereocenters. The number of carbonyl (C=O) groups excluding carboxylic acids is 2. The molecule has 0 aliphatic carbocycles. The highest BCUT2D eigenvalue weighted by Crippen LogP contribution is 2.21. The summed E-state index contributed by atoms with van der Waals surface area (Å²) in [6.07, 6.45) is 1.81. The second kappa shape index (κ2) is 8.68. The van der Waals surface area contributed by atoms with E-state index < -0.39 is 24.0 Å². The number of ether oxygens (including phenoxy) is 1. The number of carbonyl (C=O) groups is 3. The third kappa shape index (κ3) is 5.05. The van der Waals surface area contributed by atoms with Crippen LogP contribution in [0.2, 0.25) is 0 Å². The Balaban J connectivity index is 2.61. The van der Waals surface area contributed by atoms with Crippen molar-refractivity contribution >= 4 is 29.5 Å². The zero-order chi connectivity index (χ0) is 15.8. The van der Waals surface area contributed by atoms with Gasteiger partial charge in [-0.05, 0) is 0 Å². The van der Waals surface area contributed by atoms with E-state index in [9.17, 15) is 14.4 Å². The van der Waals surface area contributed by atoms with Crippen LogP contribution >= 0.6 is 11.8 Å². The Morgan fingerprint density at radius 2 is 2.29 bits per heavy atom. The molecule has 118 valence electrons. The van der Waals surface area contributed by atoms with E-state index in [1.165, 1.54) is 22.7 Å². The van der Waals surface area contributed by atoms with Crippen LogP contribution in [0, 0.1) is 0 Å². The molecule has 0 bridgehead atoms. The Bertz CT molecular complexity index is 415. The maximum absolute atomic E-state index is 12.2. The van der Waals surface area contributed by atoms with Gasteiger partial charge in [0.05, 0.1) is 19.1 Å². The molecule has 21 heavy (non-hydrogen) atoms. The molecule has 0 radical (unpaired) electrons. The van der Waals surface area contributed by atoms with E-state index in [1.54, 1.807) is 6.92 Å². The number of nitrogens with one attached hydrogen (secondary N) is 1. The second-order valence-corrected chi connectivity index (χ2v) is 5.46. The van der Waals surface area contributed by atoms with Crippen LogP contribution < -0.4 is 5.32 Å². The largest absolute Gasteiger partial charge is 0.480 e. The van der Waals surface area contributed by atoms with Gasteiger partial charge in [-0.25, -0.2) is 4.79 Å². The molecule has 7 nitrogen and oxygen atoms in total. The summed E-state index contributed by atoms with van der Waals surface area (Å²) in [5.41, 5.74) is 0. The van der Waals surface area contributed by atoms with Crippen LogP contribution in [0.3, 0.4) is 0 Å². The van der Waals surface area contributed by atoms with Crippen molar-refractivity contribution < 1.29 is 24.2 Å². The number of amides is 2. The van der Waals surface area contributed by atoms with Gasteiger partial charge in [0.2, 0.25) is 11.8 Å². The second-order valence-electron chi connectivity index (χ2n) is 4.46. The summed E-state index contributed by atoms with van der Waals surface area (Å²) in [7, 11) is 0. The molecule has 0 saturated carbocycles. The Hall–Kier alpha value is -1.54. The fraction of sp³-hybridized carbons (Fsp3) is 0.615. The predicted octanol–water partition coefficient (Wildman–Crippen LogP) is 0.0699. The van der Waals surface area contributed by atoms with Crippen LogP contribution in [0.1, 0.15) is 13.3 Å². The highest BCUT2D eigenvalue weighted by atomic mass is 32.2. The lowest BCUT2D eigenvalue weighted by Gasteiger charge is -2.24. The van der Waals surface area contributed by atoms with Gasteiger partial charge >= 0.3 is 5.97 Å². The third-order valence-electron chi connectivity index (χ3n) is 2.94. The van der Waals surface area contributed by atoms with Gasteiger partial charge in [-0.1, -0.05) is 13.0 Å². The Morgan fingerprint density at radius 3 is 2.86 bits per heavy atom. The molecule has 0 aromatic carbocycles. The van der Waals surface area contributed by atoms with Crippen LogP contribution in [-0.2, 0) is 19.1 Å². The molecule has 0 spiro atoms. The molecule has 1 heterocycles. The first kappa shape index (κ1) is 17.5. The van der Waals surface area contributed by atoms with Gasteiger partial charge in [0, 0.05) is 12.2 Å². The van der Waals surface area contributed by atoms with E-state index in [-0.39, 0.29) is 19.1 Å². The maximum Gasteiger partial charge on any atom is 0.328 e. The Labute approximate surface area is 127 Å². The summed E-state index contributed by atoms with van der Waals surface area (Å²) in [6.45, 7) is 5.25. The monoisotopic (exact) mass is 316 g/mol. The summed E-state index contributed by atoms with van der Waals surface area (Å²) < 4.78 is 5.07. The number of carboxylic acids is 1. The van der Waals surface area contributed by atoms with Gasteiger partial charge in [-0.3, -0.25) is 9.59 Å². The number of carboxylic acid groups (broad SMARTS) is 1. The summed E-state index contributed by atoms with van der Waals surface area (Å²) in [5.74, 6) is -0.829. The first-order chi connectivity index (χ1) is 10.0. The minimum atomic E-state index is -1.17. The average Bonchev–Trinajstić information content (AvgIpc) is 2.94.